The summed E-state index contributed by atoms with van der Waals surface area (Å²) in [7, 11) is 0. The lowest BCUT2D eigenvalue weighted by atomic mass is 10.2. The number of nitrogens with zero attached hydrogens (tertiary/aromatic N) is 2. The summed E-state index contributed by atoms with van der Waals surface area (Å²) in [6.07, 6.45) is 0. The lowest BCUT2D eigenvalue weighted by Crippen LogP contribution is -2.32. The standard InChI is InChI=1S/C20H20ClN3O2S/c1-3-22-18(25)13(2)27-20-23-17-11-7-5-9-15(17)19(26)24(20)12-14-8-4-6-10-16(14)21/h4-11,13H,3,12H2,1-2H3,(H,22,25)/t13-/m1/s1. The van der Waals surface area contributed by atoms with Gasteiger partial charge in [0.1, 0.15) is 0 Å². The van der Waals surface area contributed by atoms with Gasteiger partial charge in [0, 0.05) is 11.6 Å². The van der Waals surface area contributed by atoms with Gasteiger partial charge in [-0.25, -0.2) is 4.98 Å². The average molecular weight is 402 g/mol. The molecule has 0 saturated carbocycles. The van der Waals surface area contributed by atoms with Crippen molar-refractivity contribution in [2.75, 3.05) is 6.54 Å². The molecule has 0 radical (unpaired) electrons. The molecule has 0 spiro atoms. The van der Waals surface area contributed by atoms with Crippen LogP contribution in [0, 0.1) is 0 Å². The van der Waals surface area contributed by atoms with E-state index in [-0.39, 0.29) is 16.7 Å². The molecule has 5 nitrogen and oxygen atoms in total. The van der Waals surface area contributed by atoms with Crippen LogP contribution in [0.2, 0.25) is 5.02 Å². The van der Waals surface area contributed by atoms with E-state index >= 15 is 0 Å². The fourth-order valence-electron chi connectivity index (χ4n) is 2.70. The highest BCUT2D eigenvalue weighted by Gasteiger charge is 2.19. The molecule has 1 atom stereocenters. The molecule has 0 aliphatic rings. The molecule has 0 aliphatic carbocycles. The van der Waals surface area contributed by atoms with E-state index in [1.54, 1.807) is 29.7 Å². The first kappa shape index (κ1) is 19.5. The van der Waals surface area contributed by atoms with Crippen molar-refractivity contribution in [3.8, 4) is 0 Å². The molecule has 3 rings (SSSR count). The first-order valence-corrected chi connectivity index (χ1v) is 9.94. The van der Waals surface area contributed by atoms with Gasteiger partial charge in [-0.05, 0) is 37.6 Å². The number of rotatable bonds is 6. The summed E-state index contributed by atoms with van der Waals surface area (Å²) in [5.74, 6) is -0.0887. The van der Waals surface area contributed by atoms with Crippen LogP contribution >= 0.6 is 23.4 Å². The number of carbonyl (C=O) groups excluding carboxylic acids is 1. The molecule has 3 aromatic rings. The number of amides is 1. The van der Waals surface area contributed by atoms with Gasteiger partial charge in [0.2, 0.25) is 5.91 Å². The highest BCUT2D eigenvalue weighted by molar-refractivity contribution is 8.00. The Labute approximate surface area is 166 Å². The van der Waals surface area contributed by atoms with Gasteiger partial charge in [0.15, 0.2) is 5.16 Å². The van der Waals surface area contributed by atoms with E-state index in [0.29, 0.717) is 34.2 Å². The van der Waals surface area contributed by atoms with Crippen LogP contribution in [0.15, 0.2) is 58.5 Å². The monoisotopic (exact) mass is 401 g/mol. The first-order valence-electron chi connectivity index (χ1n) is 8.68. The van der Waals surface area contributed by atoms with Crippen molar-refractivity contribution in [2.24, 2.45) is 0 Å². The number of para-hydroxylation sites is 1. The maximum Gasteiger partial charge on any atom is 0.262 e. The molecule has 1 amide bonds. The van der Waals surface area contributed by atoms with E-state index < -0.39 is 0 Å². The van der Waals surface area contributed by atoms with Crippen LogP contribution in [0.25, 0.3) is 10.9 Å². The van der Waals surface area contributed by atoms with E-state index in [9.17, 15) is 9.59 Å². The van der Waals surface area contributed by atoms with Gasteiger partial charge in [-0.2, -0.15) is 0 Å². The summed E-state index contributed by atoms with van der Waals surface area (Å²) < 4.78 is 1.59. The Morgan fingerprint density at radius 1 is 1.22 bits per heavy atom. The number of thioether (sulfide) groups is 1. The second-order valence-corrected chi connectivity index (χ2v) is 7.76. The van der Waals surface area contributed by atoms with Crippen molar-refractivity contribution in [3.05, 3.63) is 69.5 Å². The highest BCUT2D eigenvalue weighted by atomic mass is 35.5. The number of hydrogen-bond donors (Lipinski definition) is 1. The number of halogens is 1. The molecule has 140 valence electrons. The maximum absolute atomic E-state index is 13.1. The molecular weight excluding hydrogens is 382 g/mol. The van der Waals surface area contributed by atoms with Crippen LogP contribution in [0.4, 0.5) is 0 Å². The SMILES string of the molecule is CCNC(=O)[C@@H](C)Sc1nc2ccccc2c(=O)n1Cc1ccccc1Cl. The molecular formula is C20H20ClN3O2S. The third kappa shape index (κ3) is 4.34. The fraction of sp³-hybridized carbons (Fsp3) is 0.250. The fourth-order valence-corrected chi connectivity index (χ4v) is 3.83. The van der Waals surface area contributed by atoms with E-state index in [0.717, 1.165) is 5.56 Å². The Balaban J connectivity index is 2.08. The molecule has 0 saturated heterocycles. The largest absolute Gasteiger partial charge is 0.355 e. The zero-order chi connectivity index (χ0) is 19.4. The van der Waals surface area contributed by atoms with Crippen LogP contribution in [-0.2, 0) is 11.3 Å². The van der Waals surface area contributed by atoms with Crippen molar-refractivity contribution in [1.29, 1.82) is 0 Å². The van der Waals surface area contributed by atoms with Crippen LogP contribution in [-0.4, -0.2) is 27.3 Å². The average Bonchev–Trinajstić information content (AvgIpc) is 2.66. The van der Waals surface area contributed by atoms with E-state index in [4.69, 9.17) is 11.6 Å². The van der Waals surface area contributed by atoms with Gasteiger partial charge >= 0.3 is 0 Å². The van der Waals surface area contributed by atoms with Gasteiger partial charge in [0.25, 0.3) is 5.56 Å². The minimum absolute atomic E-state index is 0.0887. The smallest absolute Gasteiger partial charge is 0.262 e. The van der Waals surface area contributed by atoms with E-state index in [1.165, 1.54) is 11.8 Å². The molecule has 1 N–H and O–H groups in total. The molecule has 2 aromatic carbocycles. The van der Waals surface area contributed by atoms with Gasteiger partial charge in [-0.3, -0.25) is 14.2 Å². The number of hydrogen-bond acceptors (Lipinski definition) is 4. The number of nitrogens with one attached hydrogen (secondary N) is 1. The summed E-state index contributed by atoms with van der Waals surface area (Å²) in [4.78, 5) is 29.9. The van der Waals surface area contributed by atoms with Gasteiger partial charge < -0.3 is 5.32 Å². The minimum Gasteiger partial charge on any atom is -0.355 e. The first-order chi connectivity index (χ1) is 13.0. The van der Waals surface area contributed by atoms with Crippen molar-refractivity contribution in [2.45, 2.75) is 30.8 Å². The summed E-state index contributed by atoms with van der Waals surface area (Å²) in [6, 6.07) is 14.6. The van der Waals surface area contributed by atoms with Crippen molar-refractivity contribution in [1.82, 2.24) is 14.9 Å². The van der Waals surface area contributed by atoms with Crippen LogP contribution in [0.1, 0.15) is 19.4 Å². The number of benzene rings is 2. The maximum atomic E-state index is 13.1. The van der Waals surface area contributed by atoms with Crippen LogP contribution in [0.3, 0.4) is 0 Å². The normalized spacial score (nSPS) is 12.1. The molecule has 1 heterocycles. The van der Waals surface area contributed by atoms with Crippen LogP contribution < -0.4 is 10.9 Å². The molecule has 0 fully saturated rings. The highest BCUT2D eigenvalue weighted by Crippen LogP contribution is 2.24. The third-order valence-electron chi connectivity index (χ3n) is 4.12. The summed E-state index contributed by atoms with van der Waals surface area (Å²) in [5, 5.41) is 4.05. The summed E-state index contributed by atoms with van der Waals surface area (Å²) >= 11 is 7.56. The molecule has 0 unspecified atom stereocenters. The quantitative estimate of drug-likeness (QED) is 0.505. The Morgan fingerprint density at radius 2 is 1.93 bits per heavy atom. The third-order valence-corrected chi connectivity index (χ3v) is 5.57. The van der Waals surface area contributed by atoms with Crippen molar-refractivity contribution >= 4 is 40.2 Å². The molecule has 7 heteroatoms. The molecule has 27 heavy (non-hydrogen) atoms. The van der Waals surface area contributed by atoms with Crippen LogP contribution in [0.5, 0.6) is 0 Å². The Hall–Kier alpha value is -2.31. The van der Waals surface area contributed by atoms with Gasteiger partial charge in [-0.1, -0.05) is 53.7 Å². The number of aromatic nitrogens is 2. The summed E-state index contributed by atoms with van der Waals surface area (Å²) in [6.45, 7) is 4.52. The molecule has 0 bridgehead atoms. The predicted molar refractivity (Wildman–Crippen MR) is 111 cm³/mol. The van der Waals surface area contributed by atoms with Gasteiger partial charge in [0.05, 0.1) is 22.7 Å². The minimum atomic E-state index is -0.379. The zero-order valence-electron chi connectivity index (χ0n) is 15.1. The van der Waals surface area contributed by atoms with E-state index in [2.05, 4.69) is 10.3 Å². The van der Waals surface area contributed by atoms with Crippen molar-refractivity contribution < 1.29 is 4.79 Å². The summed E-state index contributed by atoms with van der Waals surface area (Å²) in [5.41, 5.74) is 1.29. The second kappa shape index (κ2) is 8.59. The number of fused-ring (bicyclic) bond motifs is 1. The Bertz CT molecular complexity index is 1040. The Kier molecular flexibility index (Phi) is 6.19. The Morgan fingerprint density at radius 3 is 2.67 bits per heavy atom. The lowest BCUT2D eigenvalue weighted by Gasteiger charge is -2.16. The topological polar surface area (TPSA) is 64.0 Å². The molecule has 0 aliphatic heterocycles. The van der Waals surface area contributed by atoms with Crippen molar-refractivity contribution in [3.63, 3.8) is 0 Å². The molecule has 1 aromatic heterocycles. The second-order valence-electron chi connectivity index (χ2n) is 6.05. The van der Waals surface area contributed by atoms with Gasteiger partial charge in [-0.15, -0.1) is 0 Å². The zero-order valence-corrected chi connectivity index (χ0v) is 16.7. The predicted octanol–water partition coefficient (Wildman–Crippen LogP) is 3.71. The number of carbonyl (C=O) groups is 1. The lowest BCUT2D eigenvalue weighted by molar-refractivity contribution is -0.120. The van der Waals surface area contributed by atoms with E-state index in [1.807, 2.05) is 37.3 Å².